The summed E-state index contributed by atoms with van der Waals surface area (Å²) in [5, 5.41) is 2.96. The van der Waals surface area contributed by atoms with E-state index in [-0.39, 0.29) is 24.5 Å². The molecule has 0 aliphatic carbocycles. The molecular weight excluding hydrogens is 408 g/mol. The second kappa shape index (κ2) is 12.0. The van der Waals surface area contributed by atoms with Gasteiger partial charge in [0.05, 0.1) is 14.2 Å². The molecule has 0 saturated carbocycles. The van der Waals surface area contributed by atoms with Crippen molar-refractivity contribution in [2.75, 3.05) is 20.8 Å². The fraction of sp³-hybridized carbons (Fsp3) is 0.440. The number of carbonyl (C=O) groups excluding carboxylic acids is 2. The van der Waals surface area contributed by atoms with Crippen molar-refractivity contribution in [2.45, 2.75) is 52.7 Å². The SMILES string of the molecule is CC[C@@H](C)NC(=O)[C@@H](C)N(Cc1ccc(C)cc1)C(=O)COc1cc(OC)cc(OC)c1. The van der Waals surface area contributed by atoms with Gasteiger partial charge in [0.1, 0.15) is 23.3 Å². The molecule has 0 spiro atoms. The molecule has 174 valence electrons. The van der Waals surface area contributed by atoms with Crippen molar-refractivity contribution in [1.29, 1.82) is 0 Å². The normalized spacial score (nSPS) is 12.4. The number of methoxy groups -OCH3 is 2. The zero-order valence-corrected chi connectivity index (χ0v) is 19.8. The zero-order chi connectivity index (χ0) is 23.7. The molecule has 2 aromatic rings. The number of benzene rings is 2. The van der Waals surface area contributed by atoms with Crippen LogP contribution in [-0.4, -0.2) is 49.6 Å². The summed E-state index contributed by atoms with van der Waals surface area (Å²) in [6.07, 6.45) is 0.811. The van der Waals surface area contributed by atoms with E-state index in [1.54, 1.807) is 44.2 Å². The largest absolute Gasteiger partial charge is 0.496 e. The van der Waals surface area contributed by atoms with Crippen molar-refractivity contribution in [2.24, 2.45) is 0 Å². The van der Waals surface area contributed by atoms with Crippen molar-refractivity contribution in [1.82, 2.24) is 10.2 Å². The van der Waals surface area contributed by atoms with Crippen LogP contribution in [0.5, 0.6) is 17.2 Å². The van der Waals surface area contributed by atoms with Crippen LogP contribution in [0.3, 0.4) is 0 Å². The molecule has 0 radical (unpaired) electrons. The molecule has 0 unspecified atom stereocenters. The van der Waals surface area contributed by atoms with Gasteiger partial charge in [-0.2, -0.15) is 0 Å². The van der Waals surface area contributed by atoms with Gasteiger partial charge < -0.3 is 24.4 Å². The van der Waals surface area contributed by atoms with E-state index >= 15 is 0 Å². The summed E-state index contributed by atoms with van der Waals surface area (Å²) >= 11 is 0. The molecule has 0 aliphatic rings. The number of hydrogen-bond donors (Lipinski definition) is 1. The van der Waals surface area contributed by atoms with Gasteiger partial charge in [-0.3, -0.25) is 9.59 Å². The number of nitrogens with one attached hydrogen (secondary N) is 1. The van der Waals surface area contributed by atoms with E-state index < -0.39 is 6.04 Å². The number of rotatable bonds is 11. The van der Waals surface area contributed by atoms with E-state index in [1.165, 1.54) is 0 Å². The summed E-state index contributed by atoms with van der Waals surface area (Å²) in [4.78, 5) is 27.5. The van der Waals surface area contributed by atoms with Crippen LogP contribution in [0.15, 0.2) is 42.5 Å². The third-order valence-electron chi connectivity index (χ3n) is 5.33. The molecule has 2 rings (SSSR count). The van der Waals surface area contributed by atoms with Crippen molar-refractivity contribution >= 4 is 11.8 Å². The topological polar surface area (TPSA) is 77.1 Å². The van der Waals surface area contributed by atoms with Crippen molar-refractivity contribution < 1.29 is 23.8 Å². The maximum absolute atomic E-state index is 13.2. The minimum atomic E-state index is -0.652. The Morgan fingerprint density at radius 3 is 2.06 bits per heavy atom. The van der Waals surface area contributed by atoms with Gasteiger partial charge in [0.15, 0.2) is 6.61 Å². The highest BCUT2D eigenvalue weighted by atomic mass is 16.5. The lowest BCUT2D eigenvalue weighted by atomic mass is 10.1. The molecule has 7 nitrogen and oxygen atoms in total. The van der Waals surface area contributed by atoms with Gasteiger partial charge in [0.2, 0.25) is 5.91 Å². The maximum atomic E-state index is 13.2. The number of hydrogen-bond acceptors (Lipinski definition) is 5. The van der Waals surface area contributed by atoms with Gasteiger partial charge in [-0.25, -0.2) is 0 Å². The summed E-state index contributed by atoms with van der Waals surface area (Å²) in [5.41, 5.74) is 2.07. The minimum absolute atomic E-state index is 0.0294. The van der Waals surface area contributed by atoms with E-state index in [4.69, 9.17) is 14.2 Å². The first kappa shape index (κ1) is 25.0. The number of carbonyl (C=O) groups is 2. The molecule has 2 atom stereocenters. The molecule has 1 N–H and O–H groups in total. The van der Waals surface area contributed by atoms with Crippen molar-refractivity contribution in [3.63, 3.8) is 0 Å². The quantitative estimate of drug-likeness (QED) is 0.574. The van der Waals surface area contributed by atoms with Crippen LogP contribution >= 0.6 is 0 Å². The Morgan fingerprint density at radius 1 is 0.969 bits per heavy atom. The highest BCUT2D eigenvalue weighted by Gasteiger charge is 2.27. The molecule has 0 aliphatic heterocycles. The molecule has 32 heavy (non-hydrogen) atoms. The summed E-state index contributed by atoms with van der Waals surface area (Å²) < 4.78 is 16.2. The predicted molar refractivity (Wildman–Crippen MR) is 124 cm³/mol. The van der Waals surface area contributed by atoms with Crippen LogP contribution in [0.2, 0.25) is 0 Å². The maximum Gasteiger partial charge on any atom is 0.261 e. The molecular formula is C25H34N2O5. The van der Waals surface area contributed by atoms with E-state index in [0.717, 1.165) is 17.5 Å². The Bertz CT molecular complexity index is 875. The van der Waals surface area contributed by atoms with Crippen LogP contribution in [0, 0.1) is 6.92 Å². The first-order chi connectivity index (χ1) is 15.3. The standard InChI is InChI=1S/C25H34N2O5/c1-7-18(3)26-25(29)19(4)27(15-20-10-8-17(2)9-11-20)24(28)16-32-23-13-21(30-5)12-22(14-23)31-6/h8-14,18-19H,7,15-16H2,1-6H3,(H,26,29)/t18-,19-/m1/s1. The third-order valence-corrected chi connectivity index (χ3v) is 5.33. The van der Waals surface area contributed by atoms with Gasteiger partial charge in [-0.1, -0.05) is 36.8 Å². The summed E-state index contributed by atoms with van der Waals surface area (Å²) in [6.45, 7) is 7.77. The van der Waals surface area contributed by atoms with Gasteiger partial charge >= 0.3 is 0 Å². The van der Waals surface area contributed by atoms with Crippen molar-refractivity contribution in [3.8, 4) is 17.2 Å². The zero-order valence-electron chi connectivity index (χ0n) is 19.8. The lowest BCUT2D eigenvalue weighted by molar-refractivity contribution is -0.142. The molecule has 7 heteroatoms. The number of ether oxygens (including phenoxy) is 3. The Morgan fingerprint density at radius 2 is 1.53 bits per heavy atom. The first-order valence-electron chi connectivity index (χ1n) is 10.8. The van der Waals surface area contributed by atoms with Crippen molar-refractivity contribution in [3.05, 3.63) is 53.6 Å². The number of aryl methyl sites for hydroxylation is 1. The van der Waals surface area contributed by atoms with E-state index in [2.05, 4.69) is 5.32 Å². The Hall–Kier alpha value is -3.22. The highest BCUT2D eigenvalue weighted by molar-refractivity contribution is 5.88. The number of amides is 2. The summed E-state index contributed by atoms with van der Waals surface area (Å²) in [7, 11) is 3.09. The van der Waals surface area contributed by atoms with E-state index in [1.807, 2.05) is 45.0 Å². The lowest BCUT2D eigenvalue weighted by Crippen LogP contribution is -2.50. The molecule has 2 aromatic carbocycles. The van der Waals surface area contributed by atoms with Crippen LogP contribution in [0.4, 0.5) is 0 Å². The second-order valence-electron chi connectivity index (χ2n) is 7.84. The van der Waals surface area contributed by atoms with E-state index in [0.29, 0.717) is 23.8 Å². The van der Waals surface area contributed by atoms with Gasteiger partial charge in [0.25, 0.3) is 5.91 Å². The monoisotopic (exact) mass is 442 g/mol. The summed E-state index contributed by atoms with van der Waals surface area (Å²) in [5.74, 6) is 1.08. The Labute approximate surface area is 190 Å². The van der Waals surface area contributed by atoms with Gasteiger partial charge in [-0.15, -0.1) is 0 Å². The highest BCUT2D eigenvalue weighted by Crippen LogP contribution is 2.27. The molecule has 0 bridgehead atoms. The molecule has 0 saturated heterocycles. The predicted octanol–water partition coefficient (Wildman–Crippen LogP) is 3.72. The first-order valence-corrected chi connectivity index (χ1v) is 10.8. The van der Waals surface area contributed by atoms with Crippen LogP contribution in [0.1, 0.15) is 38.3 Å². The molecule has 0 heterocycles. The molecule has 0 aromatic heterocycles. The van der Waals surface area contributed by atoms with Crippen LogP contribution in [0.25, 0.3) is 0 Å². The van der Waals surface area contributed by atoms with Crippen LogP contribution in [-0.2, 0) is 16.1 Å². The fourth-order valence-electron chi connectivity index (χ4n) is 3.03. The lowest BCUT2D eigenvalue weighted by Gasteiger charge is -2.29. The minimum Gasteiger partial charge on any atom is -0.496 e. The Balaban J connectivity index is 2.18. The average molecular weight is 443 g/mol. The van der Waals surface area contributed by atoms with Gasteiger partial charge in [-0.05, 0) is 32.8 Å². The van der Waals surface area contributed by atoms with E-state index in [9.17, 15) is 9.59 Å². The number of nitrogens with zero attached hydrogens (tertiary/aromatic N) is 1. The van der Waals surface area contributed by atoms with Gasteiger partial charge in [0, 0.05) is 30.8 Å². The molecule has 0 fully saturated rings. The molecule has 2 amide bonds. The second-order valence-corrected chi connectivity index (χ2v) is 7.84. The fourth-order valence-corrected chi connectivity index (χ4v) is 3.03. The van der Waals surface area contributed by atoms with Crippen LogP contribution < -0.4 is 19.5 Å². The average Bonchev–Trinajstić information content (AvgIpc) is 2.81. The third kappa shape index (κ3) is 7.18. The smallest absolute Gasteiger partial charge is 0.261 e. The Kier molecular flexibility index (Phi) is 9.38. The summed E-state index contributed by atoms with van der Waals surface area (Å²) in [6, 6.07) is 12.4.